The highest BCUT2D eigenvalue weighted by Gasteiger charge is 2.26. The van der Waals surface area contributed by atoms with E-state index in [2.05, 4.69) is 37.8 Å². The molecule has 0 atom stereocenters. The summed E-state index contributed by atoms with van der Waals surface area (Å²) in [7, 11) is 3.70. The average molecular weight is 431 g/mol. The molecule has 2 saturated heterocycles. The molecule has 0 bridgehead atoms. The van der Waals surface area contributed by atoms with E-state index in [-0.39, 0.29) is 5.91 Å². The number of rotatable bonds is 4. The Kier molecular flexibility index (Phi) is 6.24. The Bertz CT molecular complexity index is 895. The molecule has 30 heavy (non-hydrogen) atoms. The van der Waals surface area contributed by atoms with E-state index >= 15 is 0 Å². The van der Waals surface area contributed by atoms with Crippen LogP contribution >= 0.6 is 11.6 Å². The lowest BCUT2D eigenvalue weighted by atomic mass is 10.1. The number of benzene rings is 1. The van der Waals surface area contributed by atoms with Crippen LogP contribution in [0.15, 0.2) is 30.6 Å². The van der Waals surface area contributed by atoms with Crippen molar-refractivity contribution in [1.29, 1.82) is 0 Å². The van der Waals surface area contributed by atoms with Crippen molar-refractivity contribution < 1.29 is 9.53 Å². The number of aromatic nitrogens is 2. The fraction of sp³-hybridized carbons (Fsp3) is 0.476. The minimum atomic E-state index is -0.0604. The minimum Gasteiger partial charge on any atom is -0.496 e. The number of anilines is 2. The topological polar surface area (TPSA) is 65.0 Å². The van der Waals surface area contributed by atoms with E-state index in [1.807, 2.05) is 4.90 Å². The van der Waals surface area contributed by atoms with Gasteiger partial charge >= 0.3 is 0 Å². The molecule has 0 N–H and O–H groups in total. The van der Waals surface area contributed by atoms with Gasteiger partial charge in [0, 0.05) is 63.4 Å². The van der Waals surface area contributed by atoms with Gasteiger partial charge in [-0.2, -0.15) is 0 Å². The summed E-state index contributed by atoms with van der Waals surface area (Å²) in [6.07, 6.45) is 1.64. The molecule has 0 unspecified atom stereocenters. The summed E-state index contributed by atoms with van der Waals surface area (Å²) in [4.78, 5) is 30.6. The molecule has 0 saturated carbocycles. The van der Waals surface area contributed by atoms with Gasteiger partial charge in [0.25, 0.3) is 5.91 Å². The smallest absolute Gasteiger partial charge is 0.257 e. The number of amides is 1. The van der Waals surface area contributed by atoms with Crippen LogP contribution in [-0.2, 0) is 0 Å². The van der Waals surface area contributed by atoms with Crippen molar-refractivity contribution in [3.8, 4) is 5.75 Å². The third-order valence-electron chi connectivity index (χ3n) is 5.75. The van der Waals surface area contributed by atoms with Crippen LogP contribution in [0.1, 0.15) is 10.4 Å². The zero-order valence-corrected chi connectivity index (χ0v) is 18.2. The number of carbonyl (C=O) groups is 1. The number of piperazine rings is 2. The molecule has 2 aliphatic heterocycles. The Morgan fingerprint density at radius 3 is 2.13 bits per heavy atom. The zero-order valence-electron chi connectivity index (χ0n) is 17.4. The SMILES string of the molecule is COc1ccc(Cl)cc1C(=O)N1CCN(c2cc(N3CCN(C)CC3)ncn2)CC1. The monoisotopic (exact) mass is 430 g/mol. The van der Waals surface area contributed by atoms with E-state index in [0.717, 1.165) is 37.8 Å². The molecule has 3 heterocycles. The molecule has 4 rings (SSSR count). The third kappa shape index (κ3) is 4.44. The number of methoxy groups -OCH3 is 1. The van der Waals surface area contributed by atoms with Crippen LogP contribution in [-0.4, -0.2) is 92.2 Å². The maximum absolute atomic E-state index is 13.0. The fourth-order valence-electron chi connectivity index (χ4n) is 3.87. The molecule has 1 amide bonds. The maximum atomic E-state index is 13.0. The van der Waals surface area contributed by atoms with Gasteiger partial charge in [-0.1, -0.05) is 11.6 Å². The summed E-state index contributed by atoms with van der Waals surface area (Å²) >= 11 is 6.09. The number of nitrogens with zero attached hydrogens (tertiary/aromatic N) is 6. The van der Waals surface area contributed by atoms with Gasteiger partial charge in [-0.05, 0) is 25.2 Å². The number of carbonyl (C=O) groups excluding carboxylic acids is 1. The molecule has 160 valence electrons. The summed E-state index contributed by atoms with van der Waals surface area (Å²) in [5, 5.41) is 0.523. The molecule has 0 radical (unpaired) electrons. The van der Waals surface area contributed by atoms with Gasteiger partial charge < -0.3 is 24.3 Å². The maximum Gasteiger partial charge on any atom is 0.257 e. The molecule has 0 spiro atoms. The summed E-state index contributed by atoms with van der Waals surface area (Å²) in [6.45, 7) is 6.67. The first-order valence-corrected chi connectivity index (χ1v) is 10.6. The second kappa shape index (κ2) is 9.06. The molecule has 9 heteroatoms. The summed E-state index contributed by atoms with van der Waals surface area (Å²) < 4.78 is 5.34. The Morgan fingerprint density at radius 2 is 1.53 bits per heavy atom. The first-order chi connectivity index (χ1) is 14.5. The summed E-state index contributed by atoms with van der Waals surface area (Å²) in [5.74, 6) is 2.36. The van der Waals surface area contributed by atoms with E-state index in [0.29, 0.717) is 42.5 Å². The van der Waals surface area contributed by atoms with Crippen molar-refractivity contribution in [2.24, 2.45) is 0 Å². The lowest BCUT2D eigenvalue weighted by Gasteiger charge is -2.36. The van der Waals surface area contributed by atoms with E-state index in [1.165, 1.54) is 0 Å². The second-order valence-electron chi connectivity index (χ2n) is 7.65. The van der Waals surface area contributed by atoms with Gasteiger partial charge in [0.05, 0.1) is 12.7 Å². The van der Waals surface area contributed by atoms with Gasteiger partial charge in [-0.3, -0.25) is 4.79 Å². The molecule has 1 aromatic heterocycles. The van der Waals surface area contributed by atoms with Gasteiger partial charge in [0.1, 0.15) is 23.7 Å². The largest absolute Gasteiger partial charge is 0.496 e. The molecule has 2 aromatic rings. The van der Waals surface area contributed by atoms with E-state index in [9.17, 15) is 4.79 Å². The molecular formula is C21H27ClN6O2. The average Bonchev–Trinajstić information content (AvgIpc) is 2.79. The van der Waals surface area contributed by atoms with Crippen molar-refractivity contribution in [2.45, 2.75) is 0 Å². The first-order valence-electron chi connectivity index (χ1n) is 10.2. The van der Waals surface area contributed by atoms with Crippen molar-refractivity contribution in [1.82, 2.24) is 19.8 Å². The number of hydrogen-bond acceptors (Lipinski definition) is 7. The van der Waals surface area contributed by atoms with Crippen molar-refractivity contribution in [3.05, 3.63) is 41.2 Å². The molecule has 8 nitrogen and oxygen atoms in total. The van der Waals surface area contributed by atoms with Crippen LogP contribution < -0.4 is 14.5 Å². The Balaban J connectivity index is 1.41. The van der Waals surface area contributed by atoms with Crippen LogP contribution in [0.3, 0.4) is 0 Å². The highest BCUT2D eigenvalue weighted by molar-refractivity contribution is 6.31. The predicted molar refractivity (Wildman–Crippen MR) is 118 cm³/mol. The highest BCUT2D eigenvalue weighted by atomic mass is 35.5. The van der Waals surface area contributed by atoms with Gasteiger partial charge in [0.15, 0.2) is 0 Å². The lowest BCUT2D eigenvalue weighted by molar-refractivity contribution is 0.0743. The first kappa shape index (κ1) is 20.7. The van der Waals surface area contributed by atoms with Gasteiger partial charge in [-0.15, -0.1) is 0 Å². The Hall–Kier alpha value is -2.58. The van der Waals surface area contributed by atoms with Gasteiger partial charge in [0.2, 0.25) is 0 Å². The van der Waals surface area contributed by atoms with Crippen LogP contribution in [0, 0.1) is 0 Å². The molecule has 0 aliphatic carbocycles. The Morgan fingerprint density at radius 1 is 0.933 bits per heavy atom. The normalized spacial score (nSPS) is 17.9. The third-order valence-corrected chi connectivity index (χ3v) is 5.98. The Labute approximate surface area is 182 Å². The number of ether oxygens (including phenoxy) is 1. The highest BCUT2D eigenvalue weighted by Crippen LogP contribution is 2.25. The van der Waals surface area contributed by atoms with E-state index in [1.54, 1.807) is 31.6 Å². The van der Waals surface area contributed by atoms with Crippen LogP contribution in [0.4, 0.5) is 11.6 Å². The molecule has 1 aromatic carbocycles. The molecular weight excluding hydrogens is 404 g/mol. The lowest BCUT2D eigenvalue weighted by Crippen LogP contribution is -2.49. The number of halogens is 1. The fourth-order valence-corrected chi connectivity index (χ4v) is 4.05. The summed E-state index contributed by atoms with van der Waals surface area (Å²) in [5.41, 5.74) is 0.498. The second-order valence-corrected chi connectivity index (χ2v) is 8.09. The predicted octanol–water partition coefficient (Wildman–Crippen LogP) is 1.85. The quantitative estimate of drug-likeness (QED) is 0.733. The van der Waals surface area contributed by atoms with E-state index in [4.69, 9.17) is 16.3 Å². The van der Waals surface area contributed by atoms with Crippen LogP contribution in [0.5, 0.6) is 5.75 Å². The number of hydrogen-bond donors (Lipinski definition) is 0. The van der Waals surface area contributed by atoms with Crippen LogP contribution in [0.25, 0.3) is 0 Å². The van der Waals surface area contributed by atoms with Crippen molar-refractivity contribution in [2.75, 3.05) is 76.3 Å². The minimum absolute atomic E-state index is 0.0604. The zero-order chi connectivity index (χ0) is 21.1. The van der Waals surface area contributed by atoms with Gasteiger partial charge in [-0.25, -0.2) is 9.97 Å². The summed E-state index contributed by atoms with van der Waals surface area (Å²) in [6, 6.07) is 7.18. The van der Waals surface area contributed by atoms with E-state index < -0.39 is 0 Å². The molecule has 2 fully saturated rings. The van der Waals surface area contributed by atoms with Crippen molar-refractivity contribution >= 4 is 29.1 Å². The molecule has 2 aliphatic rings. The van der Waals surface area contributed by atoms with Crippen molar-refractivity contribution in [3.63, 3.8) is 0 Å². The van der Waals surface area contributed by atoms with Crippen LogP contribution in [0.2, 0.25) is 5.02 Å². The number of likely N-dealkylation sites (N-methyl/N-ethyl adjacent to an activating group) is 1. The standard InChI is InChI=1S/C21H27ClN6O2/c1-25-5-7-26(8-6-25)19-14-20(24-15-23-19)27-9-11-28(12-10-27)21(29)17-13-16(22)3-4-18(17)30-2/h3-4,13-15H,5-12H2,1-2H3.